The number of hydrogen-bond donors (Lipinski definition) is 0. The third-order valence-electron chi connectivity index (χ3n) is 4.31. The SMILES string of the molecule is CC(C)=CCC/C(C)=C/CC[C@H](C)CCOC(=O)/C=C/c1ccccc1. The van der Waals surface area contributed by atoms with Gasteiger partial charge in [0.15, 0.2) is 0 Å². The molecule has 0 fully saturated rings. The van der Waals surface area contributed by atoms with Gasteiger partial charge in [0.05, 0.1) is 6.61 Å². The van der Waals surface area contributed by atoms with Crippen molar-refractivity contribution in [1.29, 1.82) is 0 Å². The fourth-order valence-corrected chi connectivity index (χ4v) is 2.59. The number of hydrogen-bond acceptors (Lipinski definition) is 2. The summed E-state index contributed by atoms with van der Waals surface area (Å²) < 4.78 is 5.29. The van der Waals surface area contributed by atoms with Gasteiger partial charge in [0.1, 0.15) is 0 Å². The number of carbonyl (C=O) groups excluding carboxylic acids is 1. The van der Waals surface area contributed by atoms with Gasteiger partial charge in [0, 0.05) is 6.08 Å². The maximum absolute atomic E-state index is 11.7. The van der Waals surface area contributed by atoms with E-state index in [1.807, 2.05) is 30.3 Å². The second kappa shape index (κ2) is 13.2. The normalized spacial score (nSPS) is 12.8. The molecule has 142 valence electrons. The number of carbonyl (C=O) groups is 1. The number of rotatable bonds is 11. The highest BCUT2D eigenvalue weighted by atomic mass is 16.5. The van der Waals surface area contributed by atoms with Gasteiger partial charge in [0.25, 0.3) is 0 Å². The molecule has 0 amide bonds. The molecule has 0 aliphatic carbocycles. The zero-order valence-electron chi connectivity index (χ0n) is 16.8. The minimum Gasteiger partial charge on any atom is -0.463 e. The van der Waals surface area contributed by atoms with Gasteiger partial charge in [0.2, 0.25) is 0 Å². The van der Waals surface area contributed by atoms with E-state index in [0.29, 0.717) is 12.5 Å². The zero-order chi connectivity index (χ0) is 19.2. The van der Waals surface area contributed by atoms with Crippen LogP contribution >= 0.6 is 0 Å². The molecular formula is C24H34O2. The summed E-state index contributed by atoms with van der Waals surface area (Å²) in [7, 11) is 0. The van der Waals surface area contributed by atoms with E-state index in [1.54, 1.807) is 6.08 Å². The van der Waals surface area contributed by atoms with Crippen molar-refractivity contribution < 1.29 is 9.53 Å². The van der Waals surface area contributed by atoms with Crippen molar-refractivity contribution in [2.75, 3.05) is 6.61 Å². The van der Waals surface area contributed by atoms with Crippen LogP contribution in [-0.2, 0) is 9.53 Å². The molecule has 1 aromatic rings. The van der Waals surface area contributed by atoms with Crippen LogP contribution in [0.1, 0.15) is 65.4 Å². The number of benzene rings is 1. The predicted octanol–water partition coefficient (Wildman–Crippen LogP) is 6.74. The third kappa shape index (κ3) is 11.5. The number of ether oxygens (including phenoxy) is 1. The second-order valence-corrected chi connectivity index (χ2v) is 7.25. The highest BCUT2D eigenvalue weighted by Crippen LogP contribution is 2.14. The topological polar surface area (TPSA) is 26.3 Å². The summed E-state index contributed by atoms with van der Waals surface area (Å²) in [5, 5.41) is 0. The minimum atomic E-state index is -0.268. The highest BCUT2D eigenvalue weighted by Gasteiger charge is 2.03. The summed E-state index contributed by atoms with van der Waals surface area (Å²) in [4.78, 5) is 11.7. The summed E-state index contributed by atoms with van der Waals surface area (Å²) in [5.41, 5.74) is 3.86. The Bertz CT molecular complexity index is 604. The molecule has 0 unspecified atom stereocenters. The van der Waals surface area contributed by atoms with Gasteiger partial charge in [-0.15, -0.1) is 0 Å². The van der Waals surface area contributed by atoms with Crippen LogP contribution < -0.4 is 0 Å². The molecule has 0 radical (unpaired) electrons. The Hall–Kier alpha value is -2.09. The van der Waals surface area contributed by atoms with Crippen molar-refractivity contribution >= 4 is 12.0 Å². The molecule has 2 heteroatoms. The molecule has 0 aliphatic rings. The van der Waals surface area contributed by atoms with Gasteiger partial charge in [-0.2, -0.15) is 0 Å². The van der Waals surface area contributed by atoms with E-state index in [2.05, 4.69) is 39.8 Å². The van der Waals surface area contributed by atoms with Crippen LogP contribution in [0.2, 0.25) is 0 Å². The maximum Gasteiger partial charge on any atom is 0.330 e. The molecule has 0 heterocycles. The molecule has 0 aromatic heterocycles. The molecule has 1 aromatic carbocycles. The van der Waals surface area contributed by atoms with Crippen molar-refractivity contribution in [2.45, 2.75) is 59.8 Å². The summed E-state index contributed by atoms with van der Waals surface area (Å²) in [5.74, 6) is 0.291. The Kier molecular flexibility index (Phi) is 11.1. The van der Waals surface area contributed by atoms with Crippen LogP contribution in [0.5, 0.6) is 0 Å². The average Bonchev–Trinajstić information content (AvgIpc) is 2.60. The molecule has 1 rings (SSSR count). The van der Waals surface area contributed by atoms with E-state index < -0.39 is 0 Å². The molecule has 0 aliphatic heterocycles. The van der Waals surface area contributed by atoms with Gasteiger partial charge in [-0.3, -0.25) is 0 Å². The van der Waals surface area contributed by atoms with Crippen LogP contribution in [0.4, 0.5) is 0 Å². The van der Waals surface area contributed by atoms with Gasteiger partial charge >= 0.3 is 5.97 Å². The lowest BCUT2D eigenvalue weighted by molar-refractivity contribution is -0.138. The van der Waals surface area contributed by atoms with Crippen molar-refractivity contribution in [3.8, 4) is 0 Å². The maximum atomic E-state index is 11.7. The molecule has 1 atom stereocenters. The first-order chi connectivity index (χ1) is 12.5. The number of esters is 1. The predicted molar refractivity (Wildman–Crippen MR) is 112 cm³/mol. The summed E-state index contributed by atoms with van der Waals surface area (Å²) in [6, 6.07) is 9.77. The van der Waals surface area contributed by atoms with Crippen LogP contribution in [0.25, 0.3) is 6.08 Å². The minimum absolute atomic E-state index is 0.268. The standard InChI is InChI=1S/C24H34O2/c1-20(2)10-8-11-21(3)12-9-13-22(4)18-19-26-24(25)17-16-23-14-6-5-7-15-23/h5-7,10,12,14-17,22H,8-9,11,13,18-19H2,1-4H3/b17-16+,21-12+/t22-/m0/s1. The smallest absolute Gasteiger partial charge is 0.330 e. The van der Waals surface area contributed by atoms with E-state index in [4.69, 9.17) is 4.74 Å². The Morgan fingerprint density at radius 2 is 1.77 bits per heavy atom. The zero-order valence-corrected chi connectivity index (χ0v) is 16.8. The average molecular weight is 355 g/mol. The first-order valence-electron chi connectivity index (χ1n) is 9.66. The largest absolute Gasteiger partial charge is 0.463 e. The molecule has 26 heavy (non-hydrogen) atoms. The Morgan fingerprint density at radius 1 is 1.04 bits per heavy atom. The second-order valence-electron chi connectivity index (χ2n) is 7.25. The molecule has 0 N–H and O–H groups in total. The van der Waals surface area contributed by atoms with Crippen LogP contribution in [-0.4, -0.2) is 12.6 Å². The first kappa shape index (κ1) is 22.0. The molecule has 2 nitrogen and oxygen atoms in total. The van der Waals surface area contributed by atoms with Gasteiger partial charge in [-0.1, -0.05) is 60.6 Å². The van der Waals surface area contributed by atoms with Gasteiger partial charge in [-0.25, -0.2) is 4.79 Å². The van der Waals surface area contributed by atoms with E-state index >= 15 is 0 Å². The molecule has 0 spiro atoms. The van der Waals surface area contributed by atoms with E-state index in [1.165, 1.54) is 17.2 Å². The van der Waals surface area contributed by atoms with Gasteiger partial charge < -0.3 is 4.74 Å². The molecular weight excluding hydrogens is 320 g/mol. The fraction of sp³-hybridized carbons (Fsp3) is 0.458. The molecule has 0 saturated carbocycles. The van der Waals surface area contributed by atoms with E-state index in [-0.39, 0.29) is 5.97 Å². The van der Waals surface area contributed by atoms with E-state index in [0.717, 1.165) is 37.7 Å². The summed E-state index contributed by atoms with van der Waals surface area (Å²) in [6.07, 6.45) is 13.4. The first-order valence-corrected chi connectivity index (χ1v) is 9.66. The van der Waals surface area contributed by atoms with Crippen LogP contribution in [0, 0.1) is 5.92 Å². The fourth-order valence-electron chi connectivity index (χ4n) is 2.59. The van der Waals surface area contributed by atoms with Crippen molar-refractivity contribution in [1.82, 2.24) is 0 Å². The lowest BCUT2D eigenvalue weighted by Crippen LogP contribution is -2.06. The summed E-state index contributed by atoms with van der Waals surface area (Å²) in [6.45, 7) is 9.21. The van der Waals surface area contributed by atoms with Crippen molar-refractivity contribution in [3.05, 3.63) is 65.3 Å². The van der Waals surface area contributed by atoms with Crippen molar-refractivity contribution in [3.63, 3.8) is 0 Å². The quantitative estimate of drug-likeness (QED) is 0.250. The molecule has 0 bridgehead atoms. The highest BCUT2D eigenvalue weighted by molar-refractivity contribution is 5.86. The number of allylic oxidation sites excluding steroid dienone is 4. The lowest BCUT2D eigenvalue weighted by Gasteiger charge is -2.10. The lowest BCUT2D eigenvalue weighted by atomic mass is 10.0. The van der Waals surface area contributed by atoms with E-state index in [9.17, 15) is 4.79 Å². The van der Waals surface area contributed by atoms with Crippen LogP contribution in [0.15, 0.2) is 59.7 Å². The van der Waals surface area contributed by atoms with Crippen LogP contribution in [0.3, 0.4) is 0 Å². The Labute approximate surface area is 159 Å². The third-order valence-corrected chi connectivity index (χ3v) is 4.31. The Balaban J connectivity index is 2.16. The monoisotopic (exact) mass is 354 g/mol. The van der Waals surface area contributed by atoms with Gasteiger partial charge in [-0.05, 0) is 70.4 Å². The Morgan fingerprint density at radius 3 is 2.46 bits per heavy atom. The molecule has 0 saturated heterocycles. The summed E-state index contributed by atoms with van der Waals surface area (Å²) >= 11 is 0. The van der Waals surface area contributed by atoms with Crippen molar-refractivity contribution in [2.24, 2.45) is 5.92 Å².